The van der Waals surface area contributed by atoms with Crippen LogP contribution in [0.5, 0.6) is 0 Å². The van der Waals surface area contributed by atoms with Crippen LogP contribution in [0.15, 0.2) is 196 Å². The molecule has 2 heterocycles. The molecule has 9 aromatic rings. The number of hydrogen-bond acceptors (Lipinski definition) is 5. The van der Waals surface area contributed by atoms with Crippen LogP contribution >= 0.6 is 0 Å². The summed E-state index contributed by atoms with van der Waals surface area (Å²) in [5.74, 6) is 3.26. The largest absolute Gasteiger partial charge is 0.455 e. The van der Waals surface area contributed by atoms with E-state index in [1.807, 2.05) is 128 Å². The van der Waals surface area contributed by atoms with Gasteiger partial charge in [-0.3, -0.25) is 4.99 Å². The Labute approximate surface area is 324 Å². The molecule has 2 aromatic heterocycles. The summed E-state index contributed by atoms with van der Waals surface area (Å²) in [5, 5.41) is 5.35. The van der Waals surface area contributed by atoms with Crippen molar-refractivity contribution < 1.29 is 4.42 Å². The Hall–Kier alpha value is -7.51. The normalized spacial score (nSPS) is 11.9. The zero-order valence-corrected chi connectivity index (χ0v) is 30.7. The molecule has 1 N–H and O–H groups in total. The lowest BCUT2D eigenvalue weighted by Crippen LogP contribution is -2.21. The Balaban J connectivity index is 1.08. The van der Waals surface area contributed by atoms with E-state index in [4.69, 9.17) is 29.4 Å². The van der Waals surface area contributed by atoms with Crippen LogP contribution < -0.4 is 5.32 Å². The average Bonchev–Trinajstić information content (AvgIpc) is 3.67. The summed E-state index contributed by atoms with van der Waals surface area (Å²) in [4.78, 5) is 24.8. The molecule has 0 bridgehead atoms. The minimum atomic E-state index is 0.391. The molecule has 0 aliphatic rings. The zero-order valence-electron chi connectivity index (χ0n) is 30.7. The van der Waals surface area contributed by atoms with Gasteiger partial charge in [0.2, 0.25) is 0 Å². The van der Waals surface area contributed by atoms with Crippen LogP contribution in [-0.4, -0.2) is 33.7 Å². The molecular weight excluding hydrogens is 689 g/mol. The molecule has 7 heteroatoms. The highest BCUT2D eigenvalue weighted by Crippen LogP contribution is 2.38. The molecule has 268 valence electrons. The second-order valence-corrected chi connectivity index (χ2v) is 13.3. The second-order valence-electron chi connectivity index (χ2n) is 13.3. The maximum Gasteiger partial charge on any atom is 0.164 e. The van der Waals surface area contributed by atoms with Crippen molar-refractivity contribution in [3.05, 3.63) is 199 Å². The predicted molar refractivity (Wildman–Crippen MR) is 228 cm³/mol. The van der Waals surface area contributed by atoms with E-state index in [1.165, 1.54) is 0 Å². The number of amidine groups is 2. The number of benzene rings is 7. The predicted octanol–water partition coefficient (Wildman–Crippen LogP) is 11.1. The van der Waals surface area contributed by atoms with Crippen LogP contribution in [0.1, 0.15) is 16.7 Å². The quantitative estimate of drug-likeness (QED) is 0.124. The zero-order chi connectivity index (χ0) is 37.7. The third-order valence-corrected chi connectivity index (χ3v) is 9.69. The van der Waals surface area contributed by atoms with E-state index >= 15 is 0 Å². The minimum absolute atomic E-state index is 0.391. The van der Waals surface area contributed by atoms with Crippen molar-refractivity contribution in [3.8, 4) is 45.3 Å². The van der Waals surface area contributed by atoms with Crippen LogP contribution in [-0.2, 0) is 6.54 Å². The summed E-state index contributed by atoms with van der Waals surface area (Å²) < 4.78 is 6.77. The van der Waals surface area contributed by atoms with Gasteiger partial charge in [-0.1, -0.05) is 182 Å². The first-order chi connectivity index (χ1) is 27.7. The highest BCUT2D eigenvalue weighted by molar-refractivity contribution is 6.12. The Bertz CT molecular complexity index is 2780. The van der Waals surface area contributed by atoms with Crippen LogP contribution in [0.2, 0.25) is 0 Å². The second kappa shape index (κ2) is 15.5. The first-order valence-electron chi connectivity index (χ1n) is 18.5. The lowest BCUT2D eigenvalue weighted by Gasteiger charge is -2.09. The lowest BCUT2D eigenvalue weighted by molar-refractivity contribution is 0.664. The fraction of sp³-hybridized carbons (Fsp3) is 0.0408. The van der Waals surface area contributed by atoms with Gasteiger partial charge in [0, 0.05) is 56.8 Å². The molecule has 7 nitrogen and oxygen atoms in total. The summed E-state index contributed by atoms with van der Waals surface area (Å²) in [6.45, 7) is 0.391. The van der Waals surface area contributed by atoms with E-state index in [0.717, 1.165) is 72.3 Å². The maximum absolute atomic E-state index is 6.77. The highest BCUT2D eigenvalue weighted by atomic mass is 16.3. The van der Waals surface area contributed by atoms with Gasteiger partial charge in [0.25, 0.3) is 0 Å². The van der Waals surface area contributed by atoms with Crippen molar-refractivity contribution in [3.63, 3.8) is 0 Å². The highest BCUT2D eigenvalue weighted by Gasteiger charge is 2.17. The van der Waals surface area contributed by atoms with E-state index in [2.05, 4.69) is 66.0 Å². The van der Waals surface area contributed by atoms with Gasteiger partial charge in [0.05, 0.1) is 6.54 Å². The molecule has 0 fully saturated rings. The number of para-hydroxylation sites is 2. The van der Waals surface area contributed by atoms with Gasteiger partial charge in [-0.15, -0.1) is 0 Å². The van der Waals surface area contributed by atoms with Gasteiger partial charge in [-0.2, -0.15) is 0 Å². The molecule has 0 aliphatic carbocycles. The monoisotopic (exact) mass is 724 g/mol. The topological polar surface area (TPSA) is 88.6 Å². The number of aliphatic imine (C=N–C) groups is 2. The van der Waals surface area contributed by atoms with Crippen LogP contribution in [0, 0.1) is 0 Å². The Morgan fingerprint density at radius 3 is 1.54 bits per heavy atom. The number of furan rings is 1. The third-order valence-electron chi connectivity index (χ3n) is 9.69. The van der Waals surface area contributed by atoms with Gasteiger partial charge >= 0.3 is 0 Å². The lowest BCUT2D eigenvalue weighted by atomic mass is 10.0. The fourth-order valence-electron chi connectivity index (χ4n) is 6.87. The first kappa shape index (κ1) is 34.3. The summed E-state index contributed by atoms with van der Waals surface area (Å²) in [5.41, 5.74) is 9.34. The van der Waals surface area contributed by atoms with E-state index in [0.29, 0.717) is 29.9 Å². The van der Waals surface area contributed by atoms with Gasteiger partial charge in [0.1, 0.15) is 17.0 Å². The van der Waals surface area contributed by atoms with Crippen LogP contribution in [0.4, 0.5) is 0 Å². The minimum Gasteiger partial charge on any atom is -0.455 e. The number of nitrogens with one attached hydrogen (secondary N) is 1. The molecule has 56 heavy (non-hydrogen) atoms. The Morgan fingerprint density at radius 1 is 0.482 bits per heavy atom. The summed E-state index contributed by atoms with van der Waals surface area (Å²) in [7, 11) is 1.88. The van der Waals surface area contributed by atoms with E-state index < -0.39 is 0 Å². The molecule has 0 amide bonds. The van der Waals surface area contributed by atoms with E-state index in [-0.39, 0.29) is 0 Å². The van der Waals surface area contributed by atoms with Crippen molar-refractivity contribution in [2.75, 3.05) is 7.05 Å². The fourth-order valence-corrected chi connectivity index (χ4v) is 6.87. The molecule has 0 unspecified atom stereocenters. The van der Waals surface area contributed by atoms with Crippen molar-refractivity contribution >= 4 is 33.6 Å². The molecule has 0 saturated carbocycles. The van der Waals surface area contributed by atoms with Gasteiger partial charge in [0.15, 0.2) is 23.3 Å². The van der Waals surface area contributed by atoms with Crippen molar-refractivity contribution in [1.29, 1.82) is 0 Å². The Morgan fingerprint density at radius 2 is 0.964 bits per heavy atom. The van der Waals surface area contributed by atoms with Crippen molar-refractivity contribution in [2.24, 2.45) is 9.98 Å². The van der Waals surface area contributed by atoms with Crippen LogP contribution in [0.25, 0.3) is 67.2 Å². The molecule has 7 aromatic carbocycles. The van der Waals surface area contributed by atoms with Gasteiger partial charge < -0.3 is 9.73 Å². The number of fused-ring (bicyclic) bond motifs is 3. The summed E-state index contributed by atoms with van der Waals surface area (Å²) in [6, 6.07) is 61.1. The first-order valence-corrected chi connectivity index (χ1v) is 18.5. The molecule has 0 aliphatic heterocycles. The van der Waals surface area contributed by atoms with Crippen molar-refractivity contribution in [2.45, 2.75) is 6.54 Å². The summed E-state index contributed by atoms with van der Waals surface area (Å²) in [6.07, 6.45) is 0. The van der Waals surface area contributed by atoms with E-state index in [9.17, 15) is 0 Å². The van der Waals surface area contributed by atoms with Crippen molar-refractivity contribution in [1.82, 2.24) is 20.3 Å². The molecule has 0 saturated heterocycles. The number of rotatable bonds is 8. The molecular formula is C49H36N6O. The number of aromatic nitrogens is 3. The van der Waals surface area contributed by atoms with Crippen LogP contribution in [0.3, 0.4) is 0 Å². The maximum atomic E-state index is 6.77. The van der Waals surface area contributed by atoms with E-state index in [1.54, 1.807) is 0 Å². The summed E-state index contributed by atoms with van der Waals surface area (Å²) >= 11 is 0. The number of nitrogens with zero attached hydrogens (tertiary/aromatic N) is 5. The third kappa shape index (κ3) is 6.97. The molecule has 0 radical (unpaired) electrons. The Kier molecular flexibility index (Phi) is 9.46. The SMILES string of the molecule is CNC(=NC(=NCc1cccc2c1oc1c(-c3ccc(-c4nc(-c5ccccc5)nc(-c5ccccc5)n4)cc3)cccc12)c1ccccc1)c1ccccc1. The molecule has 0 atom stereocenters. The average molecular weight is 725 g/mol. The standard InChI is InChI=1S/C49H36N6O/c1-50-45(34-16-6-2-7-17-34)52-46(35-18-8-3-9-19-35)51-32-39-24-14-26-41-42-27-15-25-40(44(42)56-43(39)41)33-28-30-38(31-29-33)49-54-47(36-20-10-4-11-21-36)53-48(55-49)37-22-12-5-13-23-37/h2-31H,32H2,1H3,(H,50,51,52). The molecule has 0 spiro atoms. The van der Waals surface area contributed by atoms with Gasteiger partial charge in [-0.25, -0.2) is 19.9 Å². The van der Waals surface area contributed by atoms with Gasteiger partial charge in [-0.05, 0) is 5.56 Å². The number of hydrogen-bond donors (Lipinski definition) is 1. The smallest absolute Gasteiger partial charge is 0.164 e. The molecule has 9 rings (SSSR count).